The molecule has 672 valence electrons. The first kappa shape index (κ1) is 83.8. The summed E-state index contributed by atoms with van der Waals surface area (Å²) in [4.78, 5) is 36.2. The maximum atomic E-state index is 5.45. The number of anilines is 6. The molecule has 30 rings (SSSR count). The van der Waals surface area contributed by atoms with E-state index in [0.717, 1.165) is 111 Å². The fraction of sp³-hybridized carbons (Fsp3) is 0. The first-order valence-electron chi connectivity index (χ1n) is 48.5. The number of para-hydroxylation sites is 4. The zero-order valence-electron chi connectivity index (χ0n) is 77.5. The highest BCUT2D eigenvalue weighted by atomic mass is 32.1. The Kier molecular flexibility index (Phi) is 20.3. The molecule has 0 N–H and O–H groups in total. The summed E-state index contributed by atoms with van der Waals surface area (Å²) in [6.07, 6.45) is 0. The Balaban J connectivity index is 0.000000105. The Bertz CT molecular complexity index is 10200. The summed E-state index contributed by atoms with van der Waals surface area (Å²) in [5.74, 6) is 1.94. The van der Waals surface area contributed by atoms with Crippen LogP contribution in [-0.4, -0.2) is 34.5 Å². The van der Waals surface area contributed by atoms with Gasteiger partial charge in [-0.05, 0) is 239 Å². The van der Waals surface area contributed by atoms with Crippen molar-refractivity contribution < 1.29 is 0 Å². The van der Waals surface area contributed by atoms with Gasteiger partial charge in [-0.3, -0.25) is 14.4 Å². The Morgan fingerprint density at radius 3 is 0.861 bits per heavy atom. The van der Waals surface area contributed by atoms with E-state index >= 15 is 0 Å². The number of rotatable bonds is 12. The summed E-state index contributed by atoms with van der Waals surface area (Å²) in [5, 5.41) is 28.1. The van der Waals surface area contributed by atoms with Crippen molar-refractivity contribution in [1.82, 2.24) is 34.5 Å². The van der Waals surface area contributed by atoms with Crippen LogP contribution in [0.4, 0.5) is 34.6 Å². The van der Waals surface area contributed by atoms with Crippen molar-refractivity contribution in [2.75, 3.05) is 9.80 Å². The van der Waals surface area contributed by atoms with Gasteiger partial charge in [-0.25, -0.2) is 29.9 Å². The molecule has 0 atom stereocenters. The molecular formula is C132H81N9S3. The molecule has 9 nitrogen and oxygen atoms in total. The van der Waals surface area contributed by atoms with E-state index in [9.17, 15) is 0 Å². The van der Waals surface area contributed by atoms with E-state index in [1.807, 2.05) is 58.3 Å². The monoisotopic (exact) mass is 1890 g/mol. The Hall–Kier alpha value is -18.3. The van der Waals surface area contributed by atoms with Crippen molar-refractivity contribution in [3.8, 4) is 62.0 Å². The third-order valence-corrected chi connectivity index (χ3v) is 31.6. The highest BCUT2D eigenvalue weighted by Gasteiger charge is 2.27. The van der Waals surface area contributed by atoms with Crippen LogP contribution in [0.25, 0.3) is 242 Å². The zero-order valence-corrected chi connectivity index (χ0v) is 80.0. The van der Waals surface area contributed by atoms with Crippen molar-refractivity contribution in [3.05, 3.63) is 491 Å². The molecule has 7 heterocycles. The maximum absolute atomic E-state index is 5.45. The van der Waals surface area contributed by atoms with E-state index in [2.05, 4.69) is 481 Å². The number of aromatic nitrogens is 7. The highest BCUT2D eigenvalue weighted by molar-refractivity contribution is 7.26. The minimum absolute atomic E-state index is 0.620. The second-order valence-electron chi connectivity index (χ2n) is 36.8. The summed E-state index contributed by atoms with van der Waals surface area (Å²) < 4.78 is 10.00. The SMILES string of the molecule is c1ccc(-c2ccc(N(c3ccc(-c4ccccc4)cc3)c3nc(-c4ccc5sc6cc7ccccc7cc6c5c4)c4ccccc4n3)cc2)cc1.c1ccc(N(c2ccc3ccccc3c2)c2nc(-c3ccc4sc5cc6ccccc6cc5c4c3)c3ccccc3n2)cc1.c1ccc2cc3c(cc2c1)sc1ccc(-c2nc(-n4c5ccc6ccccc6c5c5c6ccccc6ccc54)nc4ccccc24)cc13. The highest BCUT2D eigenvalue weighted by Crippen LogP contribution is 2.49. The molecule has 0 aliphatic carbocycles. The van der Waals surface area contributed by atoms with Crippen LogP contribution in [0, 0.1) is 0 Å². The van der Waals surface area contributed by atoms with E-state index in [0.29, 0.717) is 17.8 Å². The van der Waals surface area contributed by atoms with Crippen LogP contribution in [0.1, 0.15) is 0 Å². The molecule has 0 spiro atoms. The second-order valence-corrected chi connectivity index (χ2v) is 40.0. The molecule has 0 unspecified atom stereocenters. The molecule has 0 aliphatic rings. The van der Waals surface area contributed by atoms with E-state index in [1.54, 1.807) is 0 Å². The van der Waals surface area contributed by atoms with Crippen LogP contribution in [0.2, 0.25) is 0 Å². The lowest BCUT2D eigenvalue weighted by Crippen LogP contribution is -2.14. The molecule has 7 aromatic heterocycles. The predicted molar refractivity (Wildman–Crippen MR) is 613 cm³/mol. The van der Waals surface area contributed by atoms with Crippen molar-refractivity contribution in [2.24, 2.45) is 0 Å². The van der Waals surface area contributed by atoms with Gasteiger partial charge in [0.25, 0.3) is 0 Å². The van der Waals surface area contributed by atoms with Gasteiger partial charge in [0.05, 0.1) is 44.7 Å². The summed E-state index contributed by atoms with van der Waals surface area (Å²) in [6, 6.07) is 175. The minimum Gasteiger partial charge on any atom is -0.279 e. The number of fused-ring (bicyclic) bond motifs is 23. The van der Waals surface area contributed by atoms with Gasteiger partial charge in [-0.15, -0.1) is 34.0 Å². The first-order chi connectivity index (χ1) is 71.3. The lowest BCUT2D eigenvalue weighted by atomic mass is 10.00. The molecule has 12 heteroatoms. The Labute approximate surface area is 839 Å². The zero-order chi connectivity index (χ0) is 94.8. The van der Waals surface area contributed by atoms with Gasteiger partial charge in [0.15, 0.2) is 0 Å². The largest absolute Gasteiger partial charge is 0.279 e. The van der Waals surface area contributed by atoms with Gasteiger partial charge >= 0.3 is 0 Å². The molecule has 0 saturated heterocycles. The molecular weight excluding hydrogens is 1810 g/mol. The summed E-state index contributed by atoms with van der Waals surface area (Å²) in [6.45, 7) is 0. The maximum Gasteiger partial charge on any atom is 0.235 e. The average Bonchev–Trinajstić information content (AvgIpc) is 1.55. The van der Waals surface area contributed by atoms with Crippen LogP contribution in [0.15, 0.2) is 491 Å². The molecule has 30 aromatic rings. The summed E-state index contributed by atoms with van der Waals surface area (Å²) >= 11 is 5.54. The minimum atomic E-state index is 0.620. The molecule has 0 aliphatic heterocycles. The van der Waals surface area contributed by atoms with Gasteiger partial charge in [-0.1, -0.05) is 340 Å². The smallest absolute Gasteiger partial charge is 0.235 e. The quantitative estimate of drug-likeness (QED) is 0.120. The number of hydrogen-bond donors (Lipinski definition) is 0. The standard InChI is InChI=1S/C48H31N3S.C44H25N3S.C40H25N3S/c1-3-11-32(12-4-1)34-19-24-39(25-20-34)51(40-26-21-35(22-27-40)33-13-5-2-6-14-33)48-49-44-18-10-9-17-41(44)47(50-48)38-23-28-45-42(30-38)43-29-36-15-7-8-16-37(36)31-46(43)52-45;1-2-12-29-25-40-35(23-28(29)11-1)34-24-30(19-22-39(34)48-40)43-33-15-7-8-16-36(33)45-44(46-43)47-37-20-17-26-9-3-5-13-31(26)41(37)42-32-14-6-4-10-27(32)18-21-38(42)47;1-2-14-31(15-3-1)43(32-20-18-26-10-4-5-11-27(26)22-32)40-41-36-17-9-8-16-33(36)39(42-40)30-19-21-37-34(24-30)35-23-28-12-6-7-13-29(28)25-38(35)44-37/h1-31H;1-25H;1-25H. The summed E-state index contributed by atoms with van der Waals surface area (Å²) in [7, 11) is 0. The first-order valence-corrected chi connectivity index (χ1v) is 50.9. The number of benzene rings is 23. The van der Waals surface area contributed by atoms with E-state index in [4.69, 9.17) is 29.9 Å². The fourth-order valence-corrected chi connectivity index (χ4v) is 24.6. The van der Waals surface area contributed by atoms with Gasteiger partial charge < -0.3 is 0 Å². The molecule has 0 bridgehead atoms. The number of nitrogens with zero attached hydrogens (tertiary/aromatic N) is 9. The van der Waals surface area contributed by atoms with Crippen LogP contribution in [-0.2, 0) is 0 Å². The van der Waals surface area contributed by atoms with Crippen molar-refractivity contribution in [3.63, 3.8) is 0 Å². The van der Waals surface area contributed by atoms with Crippen LogP contribution in [0.5, 0.6) is 0 Å². The molecule has 0 saturated carbocycles. The second kappa shape index (κ2) is 34.9. The molecule has 0 amide bonds. The molecule has 0 fully saturated rings. The van der Waals surface area contributed by atoms with E-state index in [1.165, 1.54) is 147 Å². The van der Waals surface area contributed by atoms with Crippen molar-refractivity contribution in [1.29, 1.82) is 0 Å². The van der Waals surface area contributed by atoms with Gasteiger partial charge in [0.1, 0.15) is 0 Å². The van der Waals surface area contributed by atoms with Gasteiger partial charge in [0.2, 0.25) is 17.8 Å². The Morgan fingerprint density at radius 1 is 0.167 bits per heavy atom. The third kappa shape index (κ3) is 14.8. The lowest BCUT2D eigenvalue weighted by Gasteiger charge is -2.25. The van der Waals surface area contributed by atoms with Gasteiger partial charge in [0, 0.05) is 127 Å². The fourth-order valence-electron chi connectivity index (χ4n) is 21.3. The Morgan fingerprint density at radius 2 is 0.451 bits per heavy atom. The van der Waals surface area contributed by atoms with Crippen molar-refractivity contribution >= 4 is 248 Å². The average molecular weight is 1890 g/mol. The number of hydrogen-bond acceptors (Lipinski definition) is 11. The summed E-state index contributed by atoms with van der Waals surface area (Å²) in [5.41, 5.74) is 19.6. The van der Waals surface area contributed by atoms with Crippen LogP contribution in [0.3, 0.4) is 0 Å². The van der Waals surface area contributed by atoms with Crippen LogP contribution < -0.4 is 9.80 Å². The predicted octanol–water partition coefficient (Wildman–Crippen LogP) is 37.3. The van der Waals surface area contributed by atoms with E-state index < -0.39 is 0 Å². The number of thiophene rings is 3. The van der Waals surface area contributed by atoms with Crippen molar-refractivity contribution in [2.45, 2.75) is 0 Å². The molecule has 23 aromatic carbocycles. The van der Waals surface area contributed by atoms with Crippen LogP contribution >= 0.6 is 34.0 Å². The molecule has 144 heavy (non-hydrogen) atoms. The normalized spacial score (nSPS) is 11.8. The lowest BCUT2D eigenvalue weighted by molar-refractivity contribution is 1.01. The van der Waals surface area contributed by atoms with E-state index in [-0.39, 0.29) is 0 Å². The third-order valence-electron chi connectivity index (χ3n) is 28.2. The molecule has 0 radical (unpaired) electrons. The van der Waals surface area contributed by atoms with Gasteiger partial charge in [-0.2, -0.15) is 0 Å². The topological polar surface area (TPSA) is 88.8 Å².